The van der Waals surface area contributed by atoms with Crippen LogP contribution in [0.25, 0.3) is 10.8 Å². The van der Waals surface area contributed by atoms with Crippen LogP contribution in [-0.2, 0) is 0 Å². The van der Waals surface area contributed by atoms with Crippen LogP contribution in [0.2, 0.25) is 5.15 Å². The quantitative estimate of drug-likeness (QED) is 0.681. The van der Waals surface area contributed by atoms with Gasteiger partial charge in [0.1, 0.15) is 0 Å². The Labute approximate surface area is 162 Å². The maximum atomic E-state index is 12.9. The number of carbonyl (C=O) groups is 1. The van der Waals surface area contributed by atoms with Crippen molar-refractivity contribution in [2.75, 3.05) is 24.5 Å². The number of hydrogen-bond acceptors (Lipinski definition) is 4. The van der Waals surface area contributed by atoms with Crippen LogP contribution in [0.5, 0.6) is 0 Å². The molecule has 1 aliphatic carbocycles. The molecule has 1 saturated heterocycles. The average molecular weight is 379 g/mol. The highest BCUT2D eigenvalue weighted by atomic mass is 35.5. The maximum Gasteiger partial charge on any atom is 0.253 e. The summed E-state index contributed by atoms with van der Waals surface area (Å²) in [5.74, 6) is 0.980. The minimum absolute atomic E-state index is 0.0338. The molecule has 5 nitrogen and oxygen atoms in total. The highest BCUT2D eigenvalue weighted by Gasteiger charge is 2.53. The molecule has 27 heavy (non-hydrogen) atoms. The van der Waals surface area contributed by atoms with Crippen LogP contribution in [0.1, 0.15) is 23.2 Å². The summed E-state index contributed by atoms with van der Waals surface area (Å²) in [5.41, 5.74) is 0.715. The zero-order valence-electron chi connectivity index (χ0n) is 14.8. The van der Waals surface area contributed by atoms with E-state index in [0.29, 0.717) is 11.7 Å². The molecule has 2 fully saturated rings. The van der Waals surface area contributed by atoms with Crippen molar-refractivity contribution in [3.63, 3.8) is 0 Å². The summed E-state index contributed by atoms with van der Waals surface area (Å²) >= 11 is 6.24. The number of nitrogens with zero attached hydrogens (tertiary/aromatic N) is 4. The predicted octanol–water partition coefficient (Wildman–Crippen LogP) is 3.78. The van der Waals surface area contributed by atoms with Crippen molar-refractivity contribution in [3.05, 3.63) is 65.3 Å². The molecular weight excluding hydrogens is 360 g/mol. The van der Waals surface area contributed by atoms with E-state index < -0.39 is 0 Å². The number of halogens is 1. The molecule has 3 aromatic rings. The second-order valence-corrected chi connectivity index (χ2v) is 7.69. The zero-order valence-corrected chi connectivity index (χ0v) is 15.6. The van der Waals surface area contributed by atoms with E-state index in [1.54, 1.807) is 0 Å². The molecule has 0 bridgehead atoms. The number of piperazine rings is 1. The maximum absolute atomic E-state index is 12.9. The van der Waals surface area contributed by atoms with E-state index in [4.69, 9.17) is 11.6 Å². The van der Waals surface area contributed by atoms with Crippen molar-refractivity contribution in [1.82, 2.24) is 15.1 Å². The van der Waals surface area contributed by atoms with Gasteiger partial charge in [-0.2, -0.15) is 0 Å². The van der Waals surface area contributed by atoms with Gasteiger partial charge in [-0.15, -0.1) is 10.2 Å². The van der Waals surface area contributed by atoms with Crippen molar-refractivity contribution in [2.45, 2.75) is 18.4 Å². The first-order chi connectivity index (χ1) is 13.2. The van der Waals surface area contributed by atoms with Crippen LogP contribution >= 0.6 is 11.6 Å². The van der Waals surface area contributed by atoms with E-state index in [2.05, 4.69) is 15.1 Å². The normalized spacial score (nSPS) is 18.1. The Hall–Kier alpha value is -2.66. The topological polar surface area (TPSA) is 49.3 Å². The first kappa shape index (κ1) is 16.5. The summed E-state index contributed by atoms with van der Waals surface area (Å²) in [6.07, 6.45) is 2.12. The molecule has 1 spiro atoms. The van der Waals surface area contributed by atoms with Crippen LogP contribution < -0.4 is 4.90 Å². The molecule has 136 valence electrons. The molecule has 5 rings (SSSR count). The highest BCUT2D eigenvalue weighted by molar-refractivity contribution is 6.34. The number of carbonyl (C=O) groups excluding carboxylic acids is 1. The smallest absolute Gasteiger partial charge is 0.253 e. The number of amides is 1. The van der Waals surface area contributed by atoms with Crippen LogP contribution in [0, 0.1) is 0 Å². The van der Waals surface area contributed by atoms with E-state index >= 15 is 0 Å². The molecule has 1 amide bonds. The van der Waals surface area contributed by atoms with Crippen LogP contribution in [-0.4, -0.2) is 46.2 Å². The number of benzene rings is 2. The first-order valence-electron chi connectivity index (χ1n) is 9.21. The van der Waals surface area contributed by atoms with E-state index in [1.807, 2.05) is 59.5 Å². The van der Waals surface area contributed by atoms with Crippen LogP contribution in [0.15, 0.2) is 54.6 Å². The average Bonchev–Trinajstić information content (AvgIpc) is 3.48. The fraction of sp³-hybridized carbons (Fsp3) is 0.286. The number of hydrogen-bond donors (Lipinski definition) is 0. The van der Waals surface area contributed by atoms with Crippen molar-refractivity contribution in [2.24, 2.45) is 0 Å². The minimum atomic E-state index is -0.0338. The fourth-order valence-electron chi connectivity index (χ4n) is 4.07. The molecule has 1 aromatic heterocycles. The second-order valence-electron chi connectivity index (χ2n) is 7.33. The molecule has 2 aromatic carbocycles. The lowest BCUT2D eigenvalue weighted by molar-refractivity contribution is 0.0713. The number of anilines is 1. The molecular formula is C21H19ClN4O. The molecule has 0 N–H and O–H groups in total. The molecule has 1 aliphatic heterocycles. The van der Waals surface area contributed by atoms with Gasteiger partial charge in [0.25, 0.3) is 5.91 Å². The Balaban J connectivity index is 1.46. The van der Waals surface area contributed by atoms with Gasteiger partial charge in [0.15, 0.2) is 11.0 Å². The van der Waals surface area contributed by atoms with Gasteiger partial charge < -0.3 is 9.80 Å². The predicted molar refractivity (Wildman–Crippen MR) is 106 cm³/mol. The van der Waals surface area contributed by atoms with Crippen molar-refractivity contribution >= 4 is 34.1 Å². The van der Waals surface area contributed by atoms with Gasteiger partial charge >= 0.3 is 0 Å². The molecule has 0 atom stereocenters. The van der Waals surface area contributed by atoms with E-state index in [-0.39, 0.29) is 11.4 Å². The summed E-state index contributed by atoms with van der Waals surface area (Å²) in [7, 11) is 0. The summed E-state index contributed by atoms with van der Waals surface area (Å²) in [4.78, 5) is 17.2. The minimum Gasteiger partial charge on any atom is -0.345 e. The summed E-state index contributed by atoms with van der Waals surface area (Å²) in [5, 5.41) is 11.0. The van der Waals surface area contributed by atoms with Gasteiger partial charge in [0.05, 0.1) is 5.54 Å². The van der Waals surface area contributed by atoms with Gasteiger partial charge in [-0.3, -0.25) is 4.79 Å². The Bertz CT molecular complexity index is 1020. The summed E-state index contributed by atoms with van der Waals surface area (Å²) < 4.78 is 0. The Morgan fingerprint density at radius 3 is 2.37 bits per heavy atom. The Kier molecular flexibility index (Phi) is 3.79. The first-order valence-corrected chi connectivity index (χ1v) is 9.59. The molecule has 0 radical (unpaired) electrons. The lowest BCUT2D eigenvalue weighted by Crippen LogP contribution is -2.57. The number of aromatic nitrogens is 2. The SMILES string of the molecule is O=C(c1ccccc1)N1CCN(c2nnc(Cl)c3ccccc23)C2(CC2)C1. The van der Waals surface area contributed by atoms with Crippen LogP contribution in [0.4, 0.5) is 5.82 Å². The third-order valence-electron chi connectivity index (χ3n) is 5.66. The van der Waals surface area contributed by atoms with Gasteiger partial charge in [-0.25, -0.2) is 0 Å². The largest absolute Gasteiger partial charge is 0.345 e. The summed E-state index contributed by atoms with van der Waals surface area (Å²) in [6, 6.07) is 17.5. The van der Waals surface area contributed by atoms with Gasteiger partial charge in [-0.05, 0) is 25.0 Å². The van der Waals surface area contributed by atoms with Crippen molar-refractivity contribution < 1.29 is 4.79 Å². The van der Waals surface area contributed by atoms with E-state index in [1.165, 1.54) is 0 Å². The zero-order chi connectivity index (χ0) is 18.4. The highest BCUT2D eigenvalue weighted by Crippen LogP contribution is 2.47. The van der Waals surface area contributed by atoms with E-state index in [0.717, 1.165) is 48.1 Å². The van der Waals surface area contributed by atoms with Crippen molar-refractivity contribution in [3.8, 4) is 0 Å². The summed E-state index contributed by atoms with van der Waals surface area (Å²) in [6.45, 7) is 2.15. The van der Waals surface area contributed by atoms with Crippen molar-refractivity contribution in [1.29, 1.82) is 0 Å². The Morgan fingerprint density at radius 2 is 1.63 bits per heavy atom. The molecule has 2 aliphatic rings. The molecule has 0 unspecified atom stereocenters. The standard InChI is InChI=1S/C21H19ClN4O/c22-18-16-8-4-5-9-17(16)19(24-23-18)26-13-12-25(14-21(26)10-11-21)20(27)15-6-2-1-3-7-15/h1-9H,10-14H2. The lowest BCUT2D eigenvalue weighted by atomic mass is 10.1. The number of rotatable bonds is 2. The van der Waals surface area contributed by atoms with Crippen LogP contribution in [0.3, 0.4) is 0 Å². The fourth-order valence-corrected chi connectivity index (χ4v) is 4.28. The van der Waals surface area contributed by atoms with Gasteiger partial charge in [-0.1, -0.05) is 54.1 Å². The number of fused-ring (bicyclic) bond motifs is 1. The molecule has 6 heteroatoms. The third kappa shape index (κ3) is 2.73. The molecule has 1 saturated carbocycles. The Morgan fingerprint density at radius 1 is 0.926 bits per heavy atom. The third-order valence-corrected chi connectivity index (χ3v) is 5.94. The van der Waals surface area contributed by atoms with Gasteiger partial charge in [0, 0.05) is 36.0 Å². The lowest BCUT2D eigenvalue weighted by Gasteiger charge is -2.43. The van der Waals surface area contributed by atoms with Gasteiger partial charge in [0.2, 0.25) is 0 Å². The van der Waals surface area contributed by atoms with E-state index in [9.17, 15) is 4.79 Å². The second kappa shape index (κ2) is 6.20. The molecule has 2 heterocycles. The monoisotopic (exact) mass is 378 g/mol.